The summed E-state index contributed by atoms with van der Waals surface area (Å²) >= 11 is 0. The first-order valence-electron chi connectivity index (χ1n) is 3.95. The van der Waals surface area contributed by atoms with Crippen molar-refractivity contribution in [1.29, 1.82) is 0 Å². The normalized spacial score (nSPS) is 10.5. The van der Waals surface area contributed by atoms with Crippen LogP contribution in [-0.4, -0.2) is 10.4 Å². The standard InChI is InChI=1S/C9H10N2O2/c1-7-6-10(12)8-4-2-3-5-9(8)11(7)13/h2-6,12-13H,1H3/q+2. The van der Waals surface area contributed by atoms with Crippen LogP contribution in [0.2, 0.25) is 0 Å². The molecular weight excluding hydrogens is 168 g/mol. The molecular formula is C9H10N2O2+2. The van der Waals surface area contributed by atoms with Gasteiger partial charge in [0.05, 0.1) is 0 Å². The molecule has 0 aliphatic rings. The number of aryl methyl sites for hydroxylation is 1. The second-order valence-corrected chi connectivity index (χ2v) is 2.92. The van der Waals surface area contributed by atoms with Crippen molar-refractivity contribution in [3.8, 4) is 0 Å². The molecule has 1 heterocycles. The number of nitrogens with zero attached hydrogens (tertiary/aromatic N) is 2. The number of para-hydroxylation sites is 2. The maximum absolute atomic E-state index is 9.57. The predicted molar refractivity (Wildman–Crippen MR) is 43.4 cm³/mol. The Hall–Kier alpha value is -1.84. The Morgan fingerprint density at radius 1 is 1.08 bits per heavy atom. The predicted octanol–water partition coefficient (Wildman–Crippen LogP) is 0.198. The topological polar surface area (TPSA) is 48.2 Å². The molecule has 0 saturated heterocycles. The molecule has 0 amide bonds. The van der Waals surface area contributed by atoms with E-state index in [2.05, 4.69) is 0 Å². The Bertz CT molecular complexity index is 468. The molecule has 13 heavy (non-hydrogen) atoms. The van der Waals surface area contributed by atoms with Crippen molar-refractivity contribution >= 4 is 11.0 Å². The van der Waals surface area contributed by atoms with Crippen LogP contribution in [0.3, 0.4) is 0 Å². The third kappa shape index (κ3) is 1.07. The molecule has 0 unspecified atom stereocenters. The molecule has 0 aliphatic carbocycles. The van der Waals surface area contributed by atoms with Crippen molar-refractivity contribution in [3.63, 3.8) is 0 Å². The Morgan fingerprint density at radius 3 is 2.38 bits per heavy atom. The Labute approximate surface area is 74.8 Å². The van der Waals surface area contributed by atoms with E-state index in [0.717, 1.165) is 9.46 Å². The lowest BCUT2D eigenvalue weighted by Gasteiger charge is -1.91. The molecule has 4 nitrogen and oxygen atoms in total. The minimum Gasteiger partial charge on any atom is -0.284 e. The molecule has 66 valence electrons. The SMILES string of the molecule is Cc1c[n+](O)c2ccccc2[n+]1O. The molecule has 0 radical (unpaired) electrons. The van der Waals surface area contributed by atoms with Crippen LogP contribution in [0.4, 0.5) is 0 Å². The summed E-state index contributed by atoms with van der Waals surface area (Å²) in [5, 5.41) is 19.0. The van der Waals surface area contributed by atoms with E-state index >= 15 is 0 Å². The molecule has 2 aromatic rings. The van der Waals surface area contributed by atoms with Gasteiger partial charge in [0.25, 0.3) is 11.9 Å². The zero-order chi connectivity index (χ0) is 9.42. The van der Waals surface area contributed by atoms with Gasteiger partial charge in [0.15, 0.2) is 0 Å². The van der Waals surface area contributed by atoms with Gasteiger partial charge in [-0.2, -0.15) is 0 Å². The zero-order valence-corrected chi connectivity index (χ0v) is 7.18. The summed E-state index contributed by atoms with van der Waals surface area (Å²) in [6.45, 7) is 1.71. The highest BCUT2D eigenvalue weighted by atomic mass is 16.5. The Balaban J connectivity index is 2.97. The van der Waals surface area contributed by atoms with E-state index in [1.807, 2.05) is 0 Å². The first-order valence-corrected chi connectivity index (χ1v) is 3.95. The lowest BCUT2D eigenvalue weighted by molar-refractivity contribution is -0.924. The fourth-order valence-corrected chi connectivity index (χ4v) is 1.33. The van der Waals surface area contributed by atoms with Crippen molar-refractivity contribution in [2.75, 3.05) is 0 Å². The fraction of sp³-hybridized carbons (Fsp3) is 0.111. The van der Waals surface area contributed by atoms with E-state index in [0.29, 0.717) is 16.7 Å². The fourth-order valence-electron chi connectivity index (χ4n) is 1.33. The highest BCUT2D eigenvalue weighted by Crippen LogP contribution is 2.03. The van der Waals surface area contributed by atoms with E-state index in [4.69, 9.17) is 0 Å². The highest BCUT2D eigenvalue weighted by Gasteiger charge is 2.22. The minimum atomic E-state index is 0.565. The molecule has 0 saturated carbocycles. The smallest absolute Gasteiger partial charge is 0.284 e. The lowest BCUT2D eigenvalue weighted by Crippen LogP contribution is -2.43. The van der Waals surface area contributed by atoms with Crippen molar-refractivity contribution in [2.45, 2.75) is 6.92 Å². The molecule has 0 spiro atoms. The Morgan fingerprint density at radius 2 is 1.69 bits per heavy atom. The maximum atomic E-state index is 9.57. The molecule has 0 fully saturated rings. The van der Waals surface area contributed by atoms with Gasteiger partial charge >= 0.3 is 11.0 Å². The van der Waals surface area contributed by atoms with Crippen LogP contribution in [0.15, 0.2) is 30.5 Å². The summed E-state index contributed by atoms with van der Waals surface area (Å²) < 4.78 is 2.04. The van der Waals surface area contributed by atoms with Crippen molar-refractivity contribution in [2.24, 2.45) is 0 Å². The molecule has 2 N–H and O–H groups in total. The van der Waals surface area contributed by atoms with E-state index in [1.54, 1.807) is 31.2 Å². The summed E-state index contributed by atoms with van der Waals surface area (Å²) in [4.78, 5) is 0. The second-order valence-electron chi connectivity index (χ2n) is 2.92. The number of fused-ring (bicyclic) bond motifs is 1. The summed E-state index contributed by atoms with van der Waals surface area (Å²) in [6, 6.07) is 7.05. The average Bonchev–Trinajstić information content (AvgIpc) is 2.15. The number of rotatable bonds is 0. The van der Waals surface area contributed by atoms with Crippen LogP contribution in [0.1, 0.15) is 5.69 Å². The van der Waals surface area contributed by atoms with Gasteiger partial charge in [-0.1, -0.05) is 12.1 Å². The van der Waals surface area contributed by atoms with Crippen LogP contribution in [-0.2, 0) is 0 Å². The first-order chi connectivity index (χ1) is 6.20. The van der Waals surface area contributed by atoms with Gasteiger partial charge in [0.2, 0.25) is 0 Å². The van der Waals surface area contributed by atoms with Gasteiger partial charge in [0, 0.05) is 28.5 Å². The maximum Gasteiger partial charge on any atom is 0.333 e. The van der Waals surface area contributed by atoms with Crippen LogP contribution in [0.5, 0.6) is 0 Å². The molecule has 2 rings (SSSR count). The van der Waals surface area contributed by atoms with Crippen LogP contribution >= 0.6 is 0 Å². The average molecular weight is 178 g/mol. The summed E-state index contributed by atoms with van der Waals surface area (Å²) in [5.74, 6) is 0. The highest BCUT2D eigenvalue weighted by molar-refractivity contribution is 5.66. The number of hydrogen-bond acceptors (Lipinski definition) is 2. The van der Waals surface area contributed by atoms with E-state index < -0.39 is 0 Å². The van der Waals surface area contributed by atoms with E-state index in [-0.39, 0.29) is 0 Å². The first kappa shape index (κ1) is 7.79. The van der Waals surface area contributed by atoms with Crippen molar-refractivity contribution in [1.82, 2.24) is 0 Å². The number of aromatic nitrogens is 2. The van der Waals surface area contributed by atoms with Gasteiger partial charge in [-0.3, -0.25) is 10.4 Å². The molecule has 1 aromatic heterocycles. The minimum absolute atomic E-state index is 0.565. The molecule has 4 heteroatoms. The number of hydrogen-bond donors (Lipinski definition) is 2. The second kappa shape index (κ2) is 2.58. The van der Waals surface area contributed by atoms with Crippen LogP contribution in [0.25, 0.3) is 11.0 Å². The molecule has 0 bridgehead atoms. The van der Waals surface area contributed by atoms with Gasteiger partial charge < -0.3 is 0 Å². The third-order valence-corrected chi connectivity index (χ3v) is 2.00. The summed E-state index contributed by atoms with van der Waals surface area (Å²) in [5.41, 5.74) is 1.71. The third-order valence-electron chi connectivity index (χ3n) is 2.00. The van der Waals surface area contributed by atoms with Gasteiger partial charge in [-0.15, -0.1) is 0 Å². The molecule has 1 aromatic carbocycles. The van der Waals surface area contributed by atoms with E-state index in [9.17, 15) is 10.4 Å². The van der Waals surface area contributed by atoms with Gasteiger partial charge in [-0.05, 0) is 0 Å². The van der Waals surface area contributed by atoms with Crippen molar-refractivity contribution < 1.29 is 19.9 Å². The zero-order valence-electron chi connectivity index (χ0n) is 7.18. The summed E-state index contributed by atoms with van der Waals surface area (Å²) in [6.07, 6.45) is 1.45. The lowest BCUT2D eigenvalue weighted by atomic mass is 10.3. The monoisotopic (exact) mass is 178 g/mol. The van der Waals surface area contributed by atoms with Gasteiger partial charge in [-0.25, -0.2) is 0 Å². The van der Waals surface area contributed by atoms with Crippen LogP contribution < -0.4 is 9.46 Å². The Kier molecular flexibility index (Phi) is 1.55. The summed E-state index contributed by atoms with van der Waals surface area (Å²) in [7, 11) is 0. The molecule has 0 atom stereocenters. The van der Waals surface area contributed by atoms with E-state index in [1.165, 1.54) is 6.20 Å². The largest absolute Gasteiger partial charge is 0.333 e. The number of benzene rings is 1. The van der Waals surface area contributed by atoms with Crippen molar-refractivity contribution in [3.05, 3.63) is 36.2 Å². The van der Waals surface area contributed by atoms with Crippen LogP contribution in [0, 0.1) is 6.92 Å². The van der Waals surface area contributed by atoms with Gasteiger partial charge in [0.1, 0.15) is 0 Å². The quantitative estimate of drug-likeness (QED) is 0.447. The molecule has 0 aliphatic heterocycles.